The molecule has 0 unspecified atom stereocenters. The second-order valence-electron chi connectivity index (χ2n) is 5.94. The Morgan fingerprint density at radius 2 is 1.77 bits per heavy atom. The van der Waals surface area contributed by atoms with Crippen LogP contribution < -0.4 is 15.7 Å². The summed E-state index contributed by atoms with van der Waals surface area (Å²) in [6, 6.07) is 13.3. The summed E-state index contributed by atoms with van der Waals surface area (Å²) in [6.45, 7) is 0. The van der Waals surface area contributed by atoms with Gasteiger partial charge in [0.1, 0.15) is 5.70 Å². The number of aromatic carboxylic acids is 1. The Hall–Kier alpha value is -3.55. The minimum atomic E-state index is -1.46. The van der Waals surface area contributed by atoms with E-state index in [0.29, 0.717) is 10.6 Å². The lowest BCUT2D eigenvalue weighted by Crippen LogP contribution is -2.31. The molecule has 0 saturated heterocycles. The number of hydrogen-bond donors (Lipinski definition) is 2. The number of carbonyl (C=O) groups excluding carboxylic acids is 3. The number of para-hydroxylation sites is 1. The topological polar surface area (TPSA) is 111 Å². The molecule has 0 fully saturated rings. The highest BCUT2D eigenvalue weighted by Crippen LogP contribution is 2.23. The largest absolute Gasteiger partial charge is 0.545 e. The number of hydrogen-bond acceptors (Lipinski definition) is 5. The van der Waals surface area contributed by atoms with Crippen LogP contribution in [0.2, 0.25) is 10.0 Å². The standard InChI is InChI=1S/C21H14Cl2N2O5/c22-13-8-7-12(15(23)11-13)10-17(25-20(27)18-6-3-9-30-18)19(26)24-16-5-2-1-4-14(16)21(28)29/h1-11H,(H,24,26)(H,25,27)(H,28,29)/p-1/b17-10-. The molecule has 30 heavy (non-hydrogen) atoms. The van der Waals surface area contributed by atoms with Crippen molar-refractivity contribution in [2.75, 3.05) is 5.32 Å². The third kappa shape index (κ3) is 5.08. The van der Waals surface area contributed by atoms with Crippen LogP contribution in [0.5, 0.6) is 0 Å². The van der Waals surface area contributed by atoms with Crippen molar-refractivity contribution in [3.8, 4) is 0 Å². The van der Waals surface area contributed by atoms with Gasteiger partial charge < -0.3 is 25.0 Å². The van der Waals surface area contributed by atoms with Crippen LogP contribution in [0.1, 0.15) is 26.5 Å². The van der Waals surface area contributed by atoms with E-state index >= 15 is 0 Å². The minimum absolute atomic E-state index is 0.00264. The molecule has 3 rings (SSSR count). The predicted octanol–water partition coefficient (Wildman–Crippen LogP) is 3.36. The van der Waals surface area contributed by atoms with Crippen LogP contribution in [0.4, 0.5) is 5.69 Å². The number of carbonyl (C=O) groups is 3. The summed E-state index contributed by atoms with van der Waals surface area (Å²) in [6.07, 6.45) is 2.64. The summed E-state index contributed by atoms with van der Waals surface area (Å²) in [4.78, 5) is 36.5. The molecule has 2 N–H and O–H groups in total. The van der Waals surface area contributed by atoms with E-state index in [0.717, 1.165) is 0 Å². The first-order valence-electron chi connectivity index (χ1n) is 8.48. The van der Waals surface area contributed by atoms with Gasteiger partial charge in [0.2, 0.25) is 0 Å². The van der Waals surface area contributed by atoms with E-state index in [2.05, 4.69) is 10.6 Å². The van der Waals surface area contributed by atoms with Gasteiger partial charge in [-0.15, -0.1) is 0 Å². The van der Waals surface area contributed by atoms with Gasteiger partial charge in [-0.25, -0.2) is 0 Å². The third-order valence-corrected chi connectivity index (χ3v) is 4.46. The number of carboxylic acids is 1. The predicted molar refractivity (Wildman–Crippen MR) is 110 cm³/mol. The first-order chi connectivity index (χ1) is 14.3. The number of halogens is 2. The van der Waals surface area contributed by atoms with Crippen molar-refractivity contribution >= 4 is 52.7 Å². The van der Waals surface area contributed by atoms with E-state index in [1.165, 1.54) is 48.7 Å². The molecule has 0 spiro atoms. The van der Waals surface area contributed by atoms with Crippen molar-refractivity contribution in [3.05, 3.63) is 93.5 Å². The molecule has 2 aromatic carbocycles. The van der Waals surface area contributed by atoms with Gasteiger partial charge in [-0.3, -0.25) is 9.59 Å². The number of carboxylic acid groups (broad SMARTS) is 1. The Balaban J connectivity index is 1.96. The van der Waals surface area contributed by atoms with Gasteiger partial charge in [0.15, 0.2) is 5.76 Å². The molecule has 0 aliphatic carbocycles. The fourth-order valence-corrected chi connectivity index (χ4v) is 2.95. The highest BCUT2D eigenvalue weighted by Gasteiger charge is 2.18. The second kappa shape index (κ2) is 9.30. The summed E-state index contributed by atoms with van der Waals surface area (Å²) >= 11 is 12.1. The SMILES string of the molecule is O=C(Nc1ccccc1C(=O)[O-])/C(=C/c1ccc(Cl)cc1Cl)NC(=O)c1ccco1. The van der Waals surface area contributed by atoms with Crippen molar-refractivity contribution in [1.82, 2.24) is 5.32 Å². The average Bonchev–Trinajstić information content (AvgIpc) is 3.24. The number of nitrogens with one attached hydrogen (secondary N) is 2. The lowest BCUT2D eigenvalue weighted by molar-refractivity contribution is -0.254. The fraction of sp³-hybridized carbons (Fsp3) is 0. The Kier molecular flexibility index (Phi) is 6.56. The van der Waals surface area contributed by atoms with Gasteiger partial charge in [0.25, 0.3) is 11.8 Å². The Morgan fingerprint density at radius 1 is 1.00 bits per heavy atom. The summed E-state index contributed by atoms with van der Waals surface area (Å²) in [7, 11) is 0. The zero-order valence-corrected chi connectivity index (χ0v) is 16.7. The molecule has 3 aromatic rings. The van der Waals surface area contributed by atoms with Crippen molar-refractivity contribution in [2.24, 2.45) is 0 Å². The van der Waals surface area contributed by atoms with Crippen LogP contribution in [0.25, 0.3) is 6.08 Å². The van der Waals surface area contributed by atoms with Gasteiger partial charge in [0.05, 0.1) is 17.9 Å². The van der Waals surface area contributed by atoms with Gasteiger partial charge >= 0.3 is 0 Å². The van der Waals surface area contributed by atoms with E-state index in [4.69, 9.17) is 27.6 Å². The normalized spacial score (nSPS) is 11.1. The third-order valence-electron chi connectivity index (χ3n) is 3.90. The second-order valence-corrected chi connectivity index (χ2v) is 6.79. The van der Waals surface area contributed by atoms with E-state index in [1.807, 2.05) is 0 Å². The highest BCUT2D eigenvalue weighted by molar-refractivity contribution is 6.35. The molecule has 0 aliphatic heterocycles. The lowest BCUT2D eigenvalue weighted by Gasteiger charge is -2.14. The Morgan fingerprint density at radius 3 is 2.43 bits per heavy atom. The van der Waals surface area contributed by atoms with Crippen LogP contribution in [-0.4, -0.2) is 17.8 Å². The summed E-state index contributed by atoms with van der Waals surface area (Å²) < 4.78 is 5.03. The van der Waals surface area contributed by atoms with E-state index < -0.39 is 17.8 Å². The van der Waals surface area contributed by atoms with Crippen LogP contribution in [0.15, 0.2) is 71.0 Å². The summed E-state index contributed by atoms with van der Waals surface area (Å²) in [5.74, 6) is -2.95. The number of rotatable bonds is 6. The quantitative estimate of drug-likeness (QED) is 0.567. The molecular weight excluding hydrogens is 431 g/mol. The van der Waals surface area contributed by atoms with Gasteiger partial charge in [-0.05, 0) is 42.0 Å². The van der Waals surface area contributed by atoms with Crippen LogP contribution >= 0.6 is 23.2 Å². The smallest absolute Gasteiger partial charge is 0.291 e. The van der Waals surface area contributed by atoms with Crippen molar-refractivity contribution in [1.29, 1.82) is 0 Å². The number of anilines is 1. The molecule has 0 saturated carbocycles. The molecule has 0 atom stereocenters. The summed E-state index contributed by atoms with van der Waals surface area (Å²) in [5.41, 5.74) is -0.0112. The molecule has 2 amide bonds. The Bertz CT molecular complexity index is 1140. The molecule has 152 valence electrons. The number of benzene rings is 2. The van der Waals surface area contributed by atoms with Crippen molar-refractivity contribution in [3.63, 3.8) is 0 Å². The maximum Gasteiger partial charge on any atom is 0.291 e. The number of amides is 2. The molecule has 0 aliphatic rings. The van der Waals surface area contributed by atoms with E-state index in [9.17, 15) is 19.5 Å². The van der Waals surface area contributed by atoms with E-state index in [1.54, 1.807) is 18.2 Å². The van der Waals surface area contributed by atoms with Gasteiger partial charge in [-0.1, -0.05) is 47.5 Å². The van der Waals surface area contributed by atoms with Crippen molar-refractivity contribution in [2.45, 2.75) is 0 Å². The lowest BCUT2D eigenvalue weighted by atomic mass is 10.1. The van der Waals surface area contributed by atoms with Gasteiger partial charge in [0, 0.05) is 15.6 Å². The molecule has 1 heterocycles. The molecule has 7 nitrogen and oxygen atoms in total. The molecule has 0 bridgehead atoms. The van der Waals surface area contributed by atoms with Crippen LogP contribution in [0, 0.1) is 0 Å². The minimum Gasteiger partial charge on any atom is -0.545 e. The van der Waals surface area contributed by atoms with Crippen molar-refractivity contribution < 1.29 is 23.9 Å². The Labute approximate surface area is 180 Å². The van der Waals surface area contributed by atoms with Gasteiger partial charge in [-0.2, -0.15) is 0 Å². The van der Waals surface area contributed by atoms with Crippen LogP contribution in [-0.2, 0) is 4.79 Å². The maximum atomic E-state index is 12.9. The molecule has 1 aromatic heterocycles. The van der Waals surface area contributed by atoms with Crippen LogP contribution in [0.3, 0.4) is 0 Å². The number of furan rings is 1. The fourth-order valence-electron chi connectivity index (χ4n) is 2.48. The monoisotopic (exact) mass is 443 g/mol. The zero-order valence-electron chi connectivity index (χ0n) is 15.1. The average molecular weight is 444 g/mol. The highest BCUT2D eigenvalue weighted by atomic mass is 35.5. The molecular formula is C21H13Cl2N2O5-. The van der Waals surface area contributed by atoms with E-state index in [-0.39, 0.29) is 27.7 Å². The first kappa shape index (κ1) is 21.2. The zero-order chi connectivity index (χ0) is 21.7. The molecule has 0 radical (unpaired) electrons. The molecule has 9 heteroatoms. The maximum absolute atomic E-state index is 12.9. The first-order valence-corrected chi connectivity index (χ1v) is 9.24. The summed E-state index contributed by atoms with van der Waals surface area (Å²) in [5, 5.41) is 16.8.